The molecule has 0 saturated carbocycles. The number of aromatic amines is 1. The molecule has 68 heavy (non-hydrogen) atoms. The number of H-pyrrole nitrogens is 1. The Labute approximate surface area is 362 Å². The van der Waals surface area contributed by atoms with Crippen molar-refractivity contribution in [3.05, 3.63) is 169 Å². The van der Waals surface area contributed by atoms with E-state index < -0.39 is 188 Å². The van der Waals surface area contributed by atoms with Gasteiger partial charge in [-0.15, -0.1) is 0 Å². The lowest BCUT2D eigenvalue weighted by Crippen LogP contribution is -2.11. The third-order valence-corrected chi connectivity index (χ3v) is 10.5. The Bertz CT molecular complexity index is 3590. The summed E-state index contributed by atoms with van der Waals surface area (Å²) in [6.45, 7) is 0. The van der Waals surface area contributed by atoms with Crippen LogP contribution in [0.2, 0.25) is 0 Å². The van der Waals surface area contributed by atoms with Crippen LogP contribution in [0.1, 0.15) is 22.8 Å². The lowest BCUT2D eigenvalue weighted by molar-refractivity contribution is 0.376. The molecule has 0 unspecified atom stereocenters. The molecule has 346 valence electrons. The highest BCUT2D eigenvalue weighted by Crippen LogP contribution is 2.52. The van der Waals surface area contributed by atoms with E-state index in [4.69, 9.17) is 0 Å². The molecule has 0 atom stereocenters. The second-order valence-corrected chi connectivity index (χ2v) is 14.3. The molecule has 4 aromatic carbocycles. The number of aromatic nitrogens is 4. The Morgan fingerprint density at radius 2 is 0.632 bits per heavy atom. The summed E-state index contributed by atoms with van der Waals surface area (Å²) in [6.07, 6.45) is 3.17. The van der Waals surface area contributed by atoms with Crippen molar-refractivity contribution in [2.24, 2.45) is 0 Å². The second kappa shape index (κ2) is 15.9. The molecule has 2 aliphatic rings. The first-order valence-corrected chi connectivity index (χ1v) is 18.3. The lowest BCUT2D eigenvalue weighted by Gasteiger charge is -2.17. The largest absolute Gasteiger partial charge is 0.355 e. The van der Waals surface area contributed by atoms with E-state index in [1.807, 2.05) is 0 Å². The van der Waals surface area contributed by atoms with Gasteiger partial charge < -0.3 is 9.55 Å². The van der Waals surface area contributed by atoms with Crippen LogP contribution in [0.5, 0.6) is 0 Å². The summed E-state index contributed by atoms with van der Waals surface area (Å²) >= 11 is 0. The Balaban J connectivity index is 1.80. The van der Waals surface area contributed by atoms with Gasteiger partial charge in [-0.25, -0.2) is 97.8 Å². The summed E-state index contributed by atoms with van der Waals surface area (Å²) in [4.78, 5) is 10.8. The van der Waals surface area contributed by atoms with Crippen LogP contribution in [0.25, 0.3) is 85.4 Å². The standard InChI is InChI=1S/C44H10F20N4/c45-23-20(24(46)30(52)35(57)29(23)51)17-15-6-5-13(67-15)8-12-2-1-10(65-12)7-11-3-4-14(66-11)9-16-18(21-25(47)31(53)36(58)32(54)26(21)48)19(22-27(49)33(55)37(59)34(56)28(22)50)43(17)68(16)44-41(63)39(61)38(60)40(62)42(44)64/h1-9,65H. The van der Waals surface area contributed by atoms with Gasteiger partial charge in [-0.05, 0) is 54.6 Å². The zero-order valence-electron chi connectivity index (χ0n) is 32.1. The molecule has 7 aromatic rings. The highest BCUT2D eigenvalue weighted by atomic mass is 19.2. The van der Waals surface area contributed by atoms with E-state index >= 15 is 70.2 Å². The molecule has 0 aliphatic carbocycles. The molecule has 5 heterocycles. The topological polar surface area (TPSA) is 46.5 Å². The molecule has 2 aliphatic heterocycles. The fraction of sp³-hybridized carbons (Fsp3) is 0. The first kappa shape index (κ1) is 45.2. The van der Waals surface area contributed by atoms with Gasteiger partial charge in [0.1, 0.15) is 5.69 Å². The Kier molecular flexibility index (Phi) is 10.6. The van der Waals surface area contributed by atoms with Crippen molar-refractivity contribution >= 4 is 46.4 Å². The highest BCUT2D eigenvalue weighted by Gasteiger charge is 2.41. The van der Waals surface area contributed by atoms with Crippen LogP contribution < -0.4 is 0 Å². The Morgan fingerprint density at radius 3 is 1.06 bits per heavy atom. The average molecular weight is 975 g/mol. The number of nitrogens with one attached hydrogen (secondary N) is 1. The summed E-state index contributed by atoms with van der Waals surface area (Å²) in [6, 6.07) is 5.15. The Morgan fingerprint density at radius 1 is 0.309 bits per heavy atom. The van der Waals surface area contributed by atoms with Gasteiger partial charge in [-0.3, -0.25) is 0 Å². The van der Waals surface area contributed by atoms with Crippen LogP contribution in [0.4, 0.5) is 87.8 Å². The van der Waals surface area contributed by atoms with Crippen molar-refractivity contribution in [2.75, 3.05) is 0 Å². The van der Waals surface area contributed by atoms with Crippen molar-refractivity contribution in [3.63, 3.8) is 0 Å². The molecular formula is C44H10F20N4. The smallest absolute Gasteiger partial charge is 0.200 e. The summed E-state index contributed by atoms with van der Waals surface area (Å²) in [5.41, 5.74) is -24.1. The van der Waals surface area contributed by atoms with E-state index in [0.29, 0.717) is 6.08 Å². The van der Waals surface area contributed by atoms with Crippen LogP contribution in [0.3, 0.4) is 0 Å². The minimum Gasteiger partial charge on any atom is -0.355 e. The van der Waals surface area contributed by atoms with E-state index in [9.17, 15) is 17.6 Å². The van der Waals surface area contributed by atoms with E-state index in [2.05, 4.69) is 15.0 Å². The van der Waals surface area contributed by atoms with Crippen molar-refractivity contribution in [3.8, 4) is 39.1 Å². The van der Waals surface area contributed by atoms with Crippen LogP contribution in [0, 0.1) is 116 Å². The molecule has 0 radical (unpaired) electrons. The van der Waals surface area contributed by atoms with Crippen molar-refractivity contribution < 1.29 is 87.8 Å². The summed E-state index contributed by atoms with van der Waals surface area (Å²) in [5.74, 6) is -61.3. The maximum Gasteiger partial charge on any atom is 0.200 e. The van der Waals surface area contributed by atoms with E-state index in [0.717, 1.165) is 24.3 Å². The predicted molar refractivity (Wildman–Crippen MR) is 199 cm³/mol. The molecule has 1 N–H and O–H groups in total. The molecule has 0 amide bonds. The summed E-state index contributed by atoms with van der Waals surface area (Å²) in [7, 11) is 0. The van der Waals surface area contributed by atoms with Gasteiger partial charge in [-0.2, -0.15) is 0 Å². The normalized spacial score (nSPS) is 12.3. The van der Waals surface area contributed by atoms with Gasteiger partial charge in [0.15, 0.2) is 93.1 Å². The molecule has 0 fully saturated rings. The molecule has 4 nitrogen and oxygen atoms in total. The zero-order chi connectivity index (χ0) is 49.3. The third-order valence-electron chi connectivity index (χ3n) is 10.5. The quantitative estimate of drug-likeness (QED) is 0.109. The van der Waals surface area contributed by atoms with Crippen molar-refractivity contribution in [1.82, 2.24) is 19.5 Å². The minimum absolute atomic E-state index is 0.0619. The second-order valence-electron chi connectivity index (χ2n) is 14.3. The van der Waals surface area contributed by atoms with Gasteiger partial charge in [0.2, 0.25) is 23.3 Å². The van der Waals surface area contributed by atoms with Gasteiger partial charge in [0, 0.05) is 27.7 Å². The average Bonchev–Trinajstić information content (AvgIpc) is 4.14. The van der Waals surface area contributed by atoms with Crippen molar-refractivity contribution in [1.29, 1.82) is 0 Å². The summed E-state index contributed by atoms with van der Waals surface area (Å²) < 4.78 is 313. The number of nitrogens with zero attached hydrogens (tertiary/aromatic N) is 3. The molecule has 0 saturated heterocycles. The number of hydrogen-bond donors (Lipinski definition) is 1. The zero-order valence-corrected chi connectivity index (χ0v) is 32.1. The van der Waals surface area contributed by atoms with Gasteiger partial charge >= 0.3 is 0 Å². The first-order chi connectivity index (χ1) is 32.1. The maximum atomic E-state index is 16.5. The minimum atomic E-state index is -3.15. The number of rotatable bonds is 4. The van der Waals surface area contributed by atoms with E-state index in [1.54, 1.807) is 0 Å². The third kappa shape index (κ3) is 6.47. The van der Waals surface area contributed by atoms with Gasteiger partial charge in [0.25, 0.3) is 0 Å². The number of halogens is 20. The Hall–Kier alpha value is -7.92. The van der Waals surface area contributed by atoms with Crippen LogP contribution in [-0.4, -0.2) is 19.5 Å². The fourth-order valence-electron chi connectivity index (χ4n) is 7.53. The molecule has 24 heteroatoms. The molecule has 0 spiro atoms. The maximum absolute atomic E-state index is 16.5. The predicted octanol–water partition coefficient (Wildman–Crippen LogP) is 13.9. The molecular weight excluding hydrogens is 964 g/mol. The van der Waals surface area contributed by atoms with E-state index in [-0.39, 0.29) is 22.8 Å². The first-order valence-electron chi connectivity index (χ1n) is 18.3. The number of hydrogen-bond acceptors (Lipinski definition) is 2. The van der Waals surface area contributed by atoms with Gasteiger partial charge in [0.05, 0.1) is 50.5 Å². The molecule has 3 aromatic heterocycles. The highest BCUT2D eigenvalue weighted by molar-refractivity contribution is 6.11. The van der Waals surface area contributed by atoms with Crippen LogP contribution in [-0.2, 0) is 0 Å². The molecule has 8 bridgehead atoms. The van der Waals surface area contributed by atoms with Crippen molar-refractivity contribution in [2.45, 2.75) is 0 Å². The summed E-state index contributed by atoms with van der Waals surface area (Å²) in [5, 5.41) is 0. The van der Waals surface area contributed by atoms with Crippen LogP contribution >= 0.6 is 0 Å². The molecule has 9 rings (SSSR count). The number of fused-ring (bicyclic) bond motifs is 8. The SMILES string of the molecule is Fc1c(F)c(F)c(-c2c(-c3c(F)c(F)c(F)c(F)c3F)c3c(-c4c(F)c(F)c(F)c(F)c4F)c4nc(cc5ccc(cc6nc(cc2n3-c2c(F)c(F)c(F)c(F)c2F)C=C6)[nH]5)C=C4)c(F)c1F. The van der Waals surface area contributed by atoms with Crippen LogP contribution in [0.15, 0.2) is 30.3 Å². The lowest BCUT2D eigenvalue weighted by atomic mass is 9.91. The van der Waals surface area contributed by atoms with E-state index in [1.165, 1.54) is 18.2 Å². The monoisotopic (exact) mass is 974 g/mol. The van der Waals surface area contributed by atoms with Gasteiger partial charge in [-0.1, -0.05) is 0 Å². The fourth-order valence-corrected chi connectivity index (χ4v) is 7.53. The number of benzene rings is 4.